The van der Waals surface area contributed by atoms with Gasteiger partial charge in [-0.3, -0.25) is 0 Å². The van der Waals surface area contributed by atoms with Gasteiger partial charge in [-0.25, -0.2) is 12.8 Å². The largest absolute Gasteiger partial charge is 0.229 e. The first-order valence-electron chi connectivity index (χ1n) is 5.24. The average molecular weight is 279 g/mol. The molecule has 5 heteroatoms. The molecule has 0 radical (unpaired) electrons. The third-order valence-corrected chi connectivity index (χ3v) is 5.27. The molecule has 96 valence electrons. The summed E-state index contributed by atoms with van der Waals surface area (Å²) in [4.78, 5) is 0. The predicted octanol–water partition coefficient (Wildman–Crippen LogP) is 3.16. The second-order valence-electron chi connectivity index (χ2n) is 4.41. The molecule has 2 atom stereocenters. The maximum absolute atomic E-state index is 13.4. The van der Waals surface area contributed by atoms with Crippen LogP contribution in [0.5, 0.6) is 0 Å². The molecular weight excluding hydrogens is 263 g/mol. The summed E-state index contributed by atoms with van der Waals surface area (Å²) in [7, 11) is -3.21. The van der Waals surface area contributed by atoms with Crippen LogP contribution < -0.4 is 0 Å². The molecule has 0 amide bonds. The first kappa shape index (κ1) is 14.5. The SMILES string of the molecule is Cc1cc(C(Cl)C(C)S(C)(=O)=O)cc(C)c1F. The number of halogens is 2. The number of hydrogen-bond acceptors (Lipinski definition) is 2. The van der Waals surface area contributed by atoms with E-state index in [4.69, 9.17) is 11.6 Å². The van der Waals surface area contributed by atoms with Crippen LogP contribution in [0.25, 0.3) is 0 Å². The fourth-order valence-corrected chi connectivity index (χ4v) is 2.90. The summed E-state index contributed by atoms with van der Waals surface area (Å²) < 4.78 is 36.3. The summed E-state index contributed by atoms with van der Waals surface area (Å²) in [6.45, 7) is 4.84. The molecule has 1 rings (SSSR count). The van der Waals surface area contributed by atoms with Crippen molar-refractivity contribution in [3.05, 3.63) is 34.6 Å². The third kappa shape index (κ3) is 3.19. The van der Waals surface area contributed by atoms with Crippen molar-refractivity contribution in [1.29, 1.82) is 0 Å². The highest BCUT2D eigenvalue weighted by Crippen LogP contribution is 2.30. The molecule has 0 bridgehead atoms. The van der Waals surface area contributed by atoms with Gasteiger partial charge in [0.15, 0.2) is 9.84 Å². The zero-order chi connectivity index (χ0) is 13.4. The van der Waals surface area contributed by atoms with E-state index < -0.39 is 20.5 Å². The number of hydrogen-bond donors (Lipinski definition) is 0. The normalized spacial score (nSPS) is 15.6. The molecule has 0 saturated heterocycles. The Bertz CT molecular complexity index is 502. The summed E-state index contributed by atoms with van der Waals surface area (Å²) in [6.07, 6.45) is 1.15. The summed E-state index contributed by atoms with van der Waals surface area (Å²) in [6, 6.07) is 3.20. The fraction of sp³-hybridized carbons (Fsp3) is 0.500. The quantitative estimate of drug-likeness (QED) is 0.796. The Kier molecular flexibility index (Phi) is 4.20. The van der Waals surface area contributed by atoms with E-state index in [1.54, 1.807) is 32.9 Å². The Morgan fingerprint density at radius 3 is 2.00 bits per heavy atom. The molecule has 0 heterocycles. The lowest BCUT2D eigenvalue weighted by atomic mass is 10.0. The van der Waals surface area contributed by atoms with Crippen LogP contribution in [0.3, 0.4) is 0 Å². The van der Waals surface area contributed by atoms with Crippen LogP contribution >= 0.6 is 11.6 Å². The monoisotopic (exact) mass is 278 g/mol. The van der Waals surface area contributed by atoms with Gasteiger partial charge in [-0.05, 0) is 37.5 Å². The van der Waals surface area contributed by atoms with Crippen LogP contribution in [0.2, 0.25) is 0 Å². The number of aryl methyl sites for hydroxylation is 2. The minimum atomic E-state index is -3.21. The summed E-state index contributed by atoms with van der Waals surface area (Å²) in [5, 5.41) is -1.36. The van der Waals surface area contributed by atoms with Crippen molar-refractivity contribution in [3.63, 3.8) is 0 Å². The maximum Gasteiger partial charge on any atom is 0.151 e. The number of alkyl halides is 1. The van der Waals surface area contributed by atoms with Gasteiger partial charge in [-0.2, -0.15) is 0 Å². The second kappa shape index (κ2) is 4.94. The van der Waals surface area contributed by atoms with Crippen LogP contribution in [0.15, 0.2) is 12.1 Å². The van der Waals surface area contributed by atoms with E-state index in [-0.39, 0.29) is 5.82 Å². The number of benzene rings is 1. The van der Waals surface area contributed by atoms with E-state index in [0.29, 0.717) is 16.7 Å². The second-order valence-corrected chi connectivity index (χ2v) is 7.28. The van der Waals surface area contributed by atoms with Crippen LogP contribution in [-0.4, -0.2) is 19.9 Å². The van der Waals surface area contributed by atoms with Crippen LogP contribution in [0.1, 0.15) is 29.0 Å². The fourth-order valence-electron chi connectivity index (χ4n) is 1.63. The Balaban J connectivity index is 3.18. The van der Waals surface area contributed by atoms with Gasteiger partial charge in [0.2, 0.25) is 0 Å². The summed E-state index contributed by atoms with van der Waals surface area (Å²) in [5.74, 6) is -0.273. The highest BCUT2D eigenvalue weighted by molar-refractivity contribution is 7.91. The zero-order valence-electron chi connectivity index (χ0n) is 10.3. The Morgan fingerprint density at radius 2 is 1.65 bits per heavy atom. The molecule has 0 aromatic heterocycles. The molecule has 0 spiro atoms. The van der Waals surface area contributed by atoms with Gasteiger partial charge in [0.05, 0.1) is 10.6 Å². The van der Waals surface area contributed by atoms with Crippen LogP contribution in [0.4, 0.5) is 4.39 Å². The minimum absolute atomic E-state index is 0.273. The van der Waals surface area contributed by atoms with E-state index in [9.17, 15) is 12.8 Å². The van der Waals surface area contributed by atoms with Crippen molar-refractivity contribution in [1.82, 2.24) is 0 Å². The molecule has 0 N–H and O–H groups in total. The van der Waals surface area contributed by atoms with Gasteiger partial charge in [-0.1, -0.05) is 12.1 Å². The highest BCUT2D eigenvalue weighted by Gasteiger charge is 2.26. The maximum atomic E-state index is 13.4. The summed E-state index contributed by atoms with van der Waals surface area (Å²) in [5.41, 5.74) is 1.60. The first-order valence-corrected chi connectivity index (χ1v) is 7.63. The van der Waals surface area contributed by atoms with Gasteiger partial charge in [0.1, 0.15) is 5.82 Å². The topological polar surface area (TPSA) is 34.1 Å². The number of rotatable bonds is 3. The molecule has 0 aliphatic rings. The summed E-state index contributed by atoms with van der Waals surface area (Å²) >= 11 is 6.14. The molecular formula is C12H16ClFO2S. The molecule has 2 unspecified atom stereocenters. The molecule has 17 heavy (non-hydrogen) atoms. The lowest BCUT2D eigenvalue weighted by Crippen LogP contribution is -2.21. The van der Waals surface area contributed by atoms with E-state index in [0.717, 1.165) is 6.26 Å². The van der Waals surface area contributed by atoms with Gasteiger partial charge < -0.3 is 0 Å². The molecule has 1 aromatic rings. The molecule has 0 saturated carbocycles. The van der Waals surface area contributed by atoms with Crippen molar-refractivity contribution in [2.45, 2.75) is 31.4 Å². The van der Waals surface area contributed by atoms with E-state index in [1.165, 1.54) is 0 Å². The minimum Gasteiger partial charge on any atom is -0.229 e. The van der Waals surface area contributed by atoms with E-state index >= 15 is 0 Å². The Morgan fingerprint density at radius 1 is 1.24 bits per heavy atom. The van der Waals surface area contributed by atoms with Gasteiger partial charge in [0, 0.05) is 6.26 Å². The lowest BCUT2D eigenvalue weighted by Gasteiger charge is -2.18. The smallest absolute Gasteiger partial charge is 0.151 e. The third-order valence-electron chi connectivity index (χ3n) is 2.86. The zero-order valence-corrected chi connectivity index (χ0v) is 11.9. The highest BCUT2D eigenvalue weighted by atomic mass is 35.5. The van der Waals surface area contributed by atoms with Crippen molar-refractivity contribution in [3.8, 4) is 0 Å². The van der Waals surface area contributed by atoms with Crippen molar-refractivity contribution in [2.75, 3.05) is 6.26 Å². The van der Waals surface area contributed by atoms with Crippen molar-refractivity contribution >= 4 is 21.4 Å². The van der Waals surface area contributed by atoms with Crippen molar-refractivity contribution in [2.24, 2.45) is 0 Å². The molecule has 2 nitrogen and oxygen atoms in total. The van der Waals surface area contributed by atoms with Crippen LogP contribution in [-0.2, 0) is 9.84 Å². The standard InChI is InChI=1S/C12H16ClFO2S/c1-7-5-10(6-8(2)12(7)14)11(13)9(3)17(4,15)16/h5-6,9,11H,1-4H3. The average Bonchev–Trinajstić information content (AvgIpc) is 2.21. The van der Waals surface area contributed by atoms with E-state index in [2.05, 4.69) is 0 Å². The predicted molar refractivity (Wildman–Crippen MR) is 68.8 cm³/mol. The van der Waals surface area contributed by atoms with Crippen molar-refractivity contribution < 1.29 is 12.8 Å². The Labute approximate surface area is 107 Å². The molecule has 1 aromatic carbocycles. The van der Waals surface area contributed by atoms with Gasteiger partial charge in [0.25, 0.3) is 0 Å². The Hall–Kier alpha value is -0.610. The van der Waals surface area contributed by atoms with Gasteiger partial charge in [-0.15, -0.1) is 11.6 Å². The van der Waals surface area contributed by atoms with Gasteiger partial charge >= 0.3 is 0 Å². The lowest BCUT2D eigenvalue weighted by molar-refractivity contribution is 0.586. The molecule has 0 fully saturated rings. The first-order chi connectivity index (χ1) is 7.64. The van der Waals surface area contributed by atoms with Crippen LogP contribution in [0, 0.1) is 19.7 Å². The molecule has 0 aliphatic heterocycles. The molecule has 0 aliphatic carbocycles. The number of sulfone groups is 1. The van der Waals surface area contributed by atoms with E-state index in [1.807, 2.05) is 0 Å².